The zero-order valence-electron chi connectivity index (χ0n) is 12.9. The minimum absolute atomic E-state index is 0.0354. The van der Waals surface area contributed by atoms with Crippen molar-refractivity contribution < 1.29 is 14.6 Å². The number of aliphatic hydroxyl groups excluding tert-OH is 1. The molecule has 0 heterocycles. The van der Waals surface area contributed by atoms with Crippen molar-refractivity contribution in [1.82, 2.24) is 5.32 Å². The van der Waals surface area contributed by atoms with Gasteiger partial charge in [0.2, 0.25) is 0 Å². The standard InChI is InChI=1S/C15H31NO3/c1-12(10-18-4)19-11-14(17)9-16-13-6-5-7-15(2,3)8-13/h12-14,16-17H,5-11H2,1-4H3. The first-order chi connectivity index (χ1) is 8.93. The fourth-order valence-electron chi connectivity index (χ4n) is 2.79. The summed E-state index contributed by atoms with van der Waals surface area (Å²) in [5.41, 5.74) is 0.435. The summed E-state index contributed by atoms with van der Waals surface area (Å²) in [4.78, 5) is 0. The molecule has 0 bridgehead atoms. The van der Waals surface area contributed by atoms with Crippen LogP contribution in [0.2, 0.25) is 0 Å². The van der Waals surface area contributed by atoms with Gasteiger partial charge in [0.25, 0.3) is 0 Å². The number of rotatable bonds is 8. The van der Waals surface area contributed by atoms with Crippen molar-refractivity contribution in [2.45, 2.75) is 64.7 Å². The molecule has 0 saturated heterocycles. The molecule has 3 atom stereocenters. The molecular weight excluding hydrogens is 242 g/mol. The Kier molecular flexibility index (Phi) is 7.29. The zero-order chi connectivity index (χ0) is 14.3. The Morgan fingerprint density at radius 3 is 2.74 bits per heavy atom. The van der Waals surface area contributed by atoms with Gasteiger partial charge in [0.15, 0.2) is 0 Å². The van der Waals surface area contributed by atoms with E-state index in [0.29, 0.717) is 31.2 Å². The van der Waals surface area contributed by atoms with E-state index >= 15 is 0 Å². The van der Waals surface area contributed by atoms with Crippen LogP contribution in [0.3, 0.4) is 0 Å². The Hall–Kier alpha value is -0.160. The zero-order valence-corrected chi connectivity index (χ0v) is 12.9. The molecule has 19 heavy (non-hydrogen) atoms. The van der Waals surface area contributed by atoms with Gasteiger partial charge in [-0.15, -0.1) is 0 Å². The second-order valence-corrected chi connectivity index (χ2v) is 6.62. The van der Waals surface area contributed by atoms with Crippen molar-refractivity contribution in [3.63, 3.8) is 0 Å². The third-order valence-corrected chi connectivity index (χ3v) is 3.82. The van der Waals surface area contributed by atoms with Crippen LogP contribution in [-0.2, 0) is 9.47 Å². The van der Waals surface area contributed by atoms with E-state index in [-0.39, 0.29) is 6.10 Å². The molecule has 0 aromatic rings. The van der Waals surface area contributed by atoms with Crippen LogP contribution in [-0.4, -0.2) is 50.2 Å². The molecular formula is C15H31NO3. The molecule has 3 unspecified atom stereocenters. The number of aliphatic hydroxyl groups is 1. The van der Waals surface area contributed by atoms with Crippen LogP contribution >= 0.6 is 0 Å². The Bertz CT molecular complexity index is 246. The Morgan fingerprint density at radius 1 is 1.37 bits per heavy atom. The van der Waals surface area contributed by atoms with E-state index in [9.17, 15) is 5.11 Å². The monoisotopic (exact) mass is 273 g/mol. The van der Waals surface area contributed by atoms with Gasteiger partial charge in [0, 0.05) is 19.7 Å². The van der Waals surface area contributed by atoms with E-state index in [4.69, 9.17) is 9.47 Å². The van der Waals surface area contributed by atoms with E-state index in [2.05, 4.69) is 19.2 Å². The Morgan fingerprint density at radius 2 is 2.11 bits per heavy atom. The Balaban J connectivity index is 2.14. The maximum absolute atomic E-state index is 9.90. The lowest BCUT2D eigenvalue weighted by atomic mass is 9.75. The van der Waals surface area contributed by atoms with Gasteiger partial charge >= 0.3 is 0 Å². The van der Waals surface area contributed by atoms with E-state index < -0.39 is 6.10 Å². The van der Waals surface area contributed by atoms with Crippen molar-refractivity contribution in [1.29, 1.82) is 0 Å². The number of hydrogen-bond acceptors (Lipinski definition) is 4. The molecule has 0 amide bonds. The molecule has 0 aromatic heterocycles. The highest BCUT2D eigenvalue weighted by Gasteiger charge is 2.27. The summed E-state index contributed by atoms with van der Waals surface area (Å²) in [5.74, 6) is 0. The number of ether oxygens (including phenoxy) is 2. The quantitative estimate of drug-likeness (QED) is 0.710. The highest BCUT2D eigenvalue weighted by atomic mass is 16.5. The highest BCUT2D eigenvalue weighted by Crippen LogP contribution is 2.34. The molecule has 1 fully saturated rings. The van der Waals surface area contributed by atoms with Gasteiger partial charge in [-0.3, -0.25) is 0 Å². The first-order valence-electron chi connectivity index (χ1n) is 7.45. The van der Waals surface area contributed by atoms with Crippen molar-refractivity contribution in [3.8, 4) is 0 Å². The molecule has 1 rings (SSSR count). The smallest absolute Gasteiger partial charge is 0.0897 e. The van der Waals surface area contributed by atoms with E-state index in [1.165, 1.54) is 25.7 Å². The van der Waals surface area contributed by atoms with E-state index in [1.807, 2.05) is 6.92 Å². The molecule has 0 spiro atoms. The number of hydrogen-bond donors (Lipinski definition) is 2. The Labute approximate surface area is 117 Å². The third-order valence-electron chi connectivity index (χ3n) is 3.82. The van der Waals surface area contributed by atoms with Gasteiger partial charge in [-0.05, 0) is 31.6 Å². The molecule has 4 nitrogen and oxygen atoms in total. The molecule has 4 heteroatoms. The lowest BCUT2D eigenvalue weighted by Crippen LogP contribution is -2.42. The topological polar surface area (TPSA) is 50.7 Å². The summed E-state index contributed by atoms with van der Waals surface area (Å²) in [6.45, 7) is 8.15. The van der Waals surface area contributed by atoms with Crippen molar-refractivity contribution in [3.05, 3.63) is 0 Å². The molecule has 2 N–H and O–H groups in total. The van der Waals surface area contributed by atoms with Gasteiger partial charge in [-0.1, -0.05) is 20.3 Å². The molecule has 0 aromatic carbocycles. The lowest BCUT2D eigenvalue weighted by molar-refractivity contribution is -0.0321. The minimum Gasteiger partial charge on any atom is -0.389 e. The van der Waals surface area contributed by atoms with Crippen molar-refractivity contribution in [2.24, 2.45) is 5.41 Å². The molecule has 0 aliphatic heterocycles. The van der Waals surface area contributed by atoms with Crippen molar-refractivity contribution >= 4 is 0 Å². The van der Waals surface area contributed by atoms with Crippen LogP contribution < -0.4 is 5.32 Å². The summed E-state index contributed by atoms with van der Waals surface area (Å²) in [7, 11) is 1.66. The number of methoxy groups -OCH3 is 1. The summed E-state index contributed by atoms with van der Waals surface area (Å²) in [5, 5.41) is 13.4. The highest BCUT2D eigenvalue weighted by molar-refractivity contribution is 4.83. The fraction of sp³-hybridized carbons (Fsp3) is 1.00. The predicted octanol–water partition coefficient (Wildman–Crippen LogP) is 1.96. The van der Waals surface area contributed by atoms with Crippen LogP contribution in [0, 0.1) is 5.41 Å². The minimum atomic E-state index is -0.440. The normalized spacial score (nSPS) is 26.1. The SMILES string of the molecule is COCC(C)OCC(O)CNC1CCCC(C)(C)C1. The largest absolute Gasteiger partial charge is 0.389 e. The molecule has 1 aliphatic rings. The van der Waals surface area contributed by atoms with Crippen molar-refractivity contribution in [2.75, 3.05) is 26.9 Å². The van der Waals surface area contributed by atoms with Gasteiger partial charge in [0.1, 0.15) is 0 Å². The van der Waals surface area contributed by atoms with Crippen LogP contribution in [0.25, 0.3) is 0 Å². The fourth-order valence-corrected chi connectivity index (χ4v) is 2.79. The first-order valence-corrected chi connectivity index (χ1v) is 7.45. The summed E-state index contributed by atoms with van der Waals surface area (Å²) < 4.78 is 10.5. The maximum atomic E-state index is 9.90. The van der Waals surface area contributed by atoms with E-state index in [1.54, 1.807) is 7.11 Å². The second kappa shape index (κ2) is 8.20. The van der Waals surface area contributed by atoms with Gasteiger partial charge < -0.3 is 19.9 Å². The van der Waals surface area contributed by atoms with Crippen LogP contribution in [0.4, 0.5) is 0 Å². The van der Waals surface area contributed by atoms with Crippen LogP contribution in [0.5, 0.6) is 0 Å². The molecule has 1 saturated carbocycles. The summed E-state index contributed by atoms with van der Waals surface area (Å²) in [6, 6.07) is 0.537. The molecule has 114 valence electrons. The van der Waals surface area contributed by atoms with Gasteiger partial charge in [0.05, 0.1) is 25.4 Å². The van der Waals surface area contributed by atoms with Crippen LogP contribution in [0.15, 0.2) is 0 Å². The lowest BCUT2D eigenvalue weighted by Gasteiger charge is -2.36. The first kappa shape index (κ1) is 16.9. The average Bonchev–Trinajstić information content (AvgIpc) is 2.33. The predicted molar refractivity (Wildman–Crippen MR) is 77.3 cm³/mol. The summed E-state index contributed by atoms with van der Waals surface area (Å²) >= 11 is 0. The van der Waals surface area contributed by atoms with Gasteiger partial charge in [-0.2, -0.15) is 0 Å². The van der Waals surface area contributed by atoms with Crippen LogP contribution in [0.1, 0.15) is 46.5 Å². The molecule has 0 radical (unpaired) electrons. The molecule has 1 aliphatic carbocycles. The van der Waals surface area contributed by atoms with E-state index in [0.717, 1.165) is 0 Å². The third kappa shape index (κ3) is 7.25. The summed E-state index contributed by atoms with van der Waals surface area (Å²) in [6.07, 6.45) is 4.60. The average molecular weight is 273 g/mol. The van der Waals surface area contributed by atoms with Gasteiger partial charge in [-0.25, -0.2) is 0 Å². The maximum Gasteiger partial charge on any atom is 0.0897 e. The number of nitrogens with one attached hydrogen (secondary N) is 1. The second-order valence-electron chi connectivity index (χ2n) is 6.62.